The number of methoxy groups -OCH3 is 1. The number of fused-ring (bicyclic) bond motifs is 3. The number of hydrogen-bond acceptors (Lipinski definition) is 3. The Kier molecular flexibility index (Phi) is 3.26. The Morgan fingerprint density at radius 1 is 1.35 bits per heavy atom. The smallest absolute Gasteiger partial charge is 0.255 e. The number of benzene rings is 1. The zero-order valence-corrected chi connectivity index (χ0v) is 12.9. The second-order valence-electron chi connectivity index (χ2n) is 5.71. The van der Waals surface area contributed by atoms with Crippen LogP contribution in [0.2, 0.25) is 0 Å². The van der Waals surface area contributed by atoms with E-state index in [4.69, 9.17) is 4.74 Å². The average molecular weight is 307 g/mol. The zero-order valence-electron chi connectivity index (χ0n) is 12.9. The number of rotatable bonds is 2. The van der Waals surface area contributed by atoms with Crippen molar-refractivity contribution in [1.29, 1.82) is 0 Å². The molecule has 1 aromatic carbocycles. The number of aromatic amines is 1. The molecular weight excluding hydrogens is 290 g/mol. The van der Waals surface area contributed by atoms with Crippen molar-refractivity contribution in [2.24, 2.45) is 0 Å². The minimum atomic E-state index is 0.0287. The third-order valence-electron chi connectivity index (χ3n) is 4.38. The summed E-state index contributed by atoms with van der Waals surface area (Å²) in [5.41, 5.74) is 4.12. The fraction of sp³-hybridized carbons (Fsp3) is 0.222. The van der Waals surface area contributed by atoms with Crippen LogP contribution in [-0.2, 0) is 13.0 Å². The first-order chi connectivity index (χ1) is 11.3. The summed E-state index contributed by atoms with van der Waals surface area (Å²) in [5.74, 6) is 0.857. The maximum atomic E-state index is 12.6. The molecule has 0 atom stereocenters. The van der Waals surface area contributed by atoms with Gasteiger partial charge in [-0.05, 0) is 30.3 Å². The van der Waals surface area contributed by atoms with Gasteiger partial charge in [0.05, 0.1) is 12.7 Å². The molecule has 0 saturated carbocycles. The molecule has 0 bridgehead atoms. The minimum absolute atomic E-state index is 0.0287. The molecule has 0 aliphatic carbocycles. The fourth-order valence-electron chi connectivity index (χ4n) is 3.17. The highest BCUT2D eigenvalue weighted by molar-refractivity contribution is 5.95. The largest absolute Gasteiger partial charge is 0.497 e. The lowest BCUT2D eigenvalue weighted by Crippen LogP contribution is -2.35. The van der Waals surface area contributed by atoms with Crippen LogP contribution >= 0.6 is 0 Å². The number of pyridine rings is 1. The van der Waals surface area contributed by atoms with E-state index in [0.717, 1.165) is 23.1 Å². The topological polar surface area (TPSA) is 58.2 Å². The molecule has 3 aromatic rings. The highest BCUT2D eigenvalue weighted by atomic mass is 16.5. The van der Waals surface area contributed by atoms with E-state index in [0.29, 0.717) is 18.7 Å². The van der Waals surface area contributed by atoms with Crippen LogP contribution in [0, 0.1) is 0 Å². The van der Waals surface area contributed by atoms with Crippen LogP contribution in [0.3, 0.4) is 0 Å². The lowest BCUT2D eigenvalue weighted by Gasteiger charge is -2.27. The van der Waals surface area contributed by atoms with E-state index < -0.39 is 0 Å². The number of aromatic nitrogens is 2. The van der Waals surface area contributed by atoms with Gasteiger partial charge in [-0.1, -0.05) is 0 Å². The van der Waals surface area contributed by atoms with Gasteiger partial charge in [0.1, 0.15) is 5.75 Å². The SMILES string of the molecule is COc1ccc2[nH]c3c(c2c1)CN(C(=O)c1cccnc1)CC3. The molecule has 0 unspecified atom stereocenters. The molecule has 0 saturated heterocycles. The zero-order chi connectivity index (χ0) is 15.8. The summed E-state index contributed by atoms with van der Waals surface area (Å²) >= 11 is 0. The third-order valence-corrected chi connectivity index (χ3v) is 4.38. The van der Waals surface area contributed by atoms with Crippen molar-refractivity contribution >= 4 is 16.8 Å². The highest BCUT2D eigenvalue weighted by Crippen LogP contribution is 2.30. The molecule has 3 heterocycles. The number of ether oxygens (including phenoxy) is 1. The molecule has 5 heteroatoms. The summed E-state index contributed by atoms with van der Waals surface area (Å²) in [7, 11) is 1.67. The van der Waals surface area contributed by atoms with Crippen LogP contribution in [0.25, 0.3) is 10.9 Å². The predicted octanol–water partition coefficient (Wildman–Crippen LogP) is 2.77. The van der Waals surface area contributed by atoms with E-state index in [1.165, 1.54) is 11.3 Å². The van der Waals surface area contributed by atoms with Gasteiger partial charge in [0.25, 0.3) is 5.91 Å². The Hall–Kier alpha value is -2.82. The molecule has 5 nitrogen and oxygen atoms in total. The number of carbonyl (C=O) groups excluding carboxylic acids is 1. The maximum Gasteiger partial charge on any atom is 0.255 e. The molecule has 2 aromatic heterocycles. The van der Waals surface area contributed by atoms with Crippen LogP contribution in [0.4, 0.5) is 0 Å². The molecule has 1 aliphatic heterocycles. The van der Waals surface area contributed by atoms with Gasteiger partial charge in [0, 0.05) is 54.1 Å². The molecule has 0 spiro atoms. The van der Waals surface area contributed by atoms with Gasteiger partial charge in [-0.25, -0.2) is 0 Å². The standard InChI is InChI=1S/C18H17N3O2/c1-23-13-4-5-16-14(9-13)15-11-21(8-6-17(15)20-16)18(22)12-3-2-7-19-10-12/h2-5,7,9-10,20H,6,8,11H2,1H3. The van der Waals surface area contributed by atoms with Crippen LogP contribution in [-0.4, -0.2) is 34.4 Å². The third kappa shape index (κ3) is 2.34. The normalized spacial score (nSPS) is 13.9. The van der Waals surface area contributed by atoms with Crippen molar-refractivity contribution in [3.8, 4) is 5.75 Å². The Morgan fingerprint density at radius 2 is 2.26 bits per heavy atom. The first-order valence-electron chi connectivity index (χ1n) is 7.63. The maximum absolute atomic E-state index is 12.6. The van der Waals surface area contributed by atoms with Crippen molar-refractivity contribution in [2.45, 2.75) is 13.0 Å². The summed E-state index contributed by atoms with van der Waals surface area (Å²) in [5, 5.41) is 1.13. The molecule has 1 amide bonds. The summed E-state index contributed by atoms with van der Waals surface area (Å²) in [6, 6.07) is 9.60. The Bertz CT molecular complexity index is 871. The van der Waals surface area contributed by atoms with Gasteiger partial charge in [-0.3, -0.25) is 9.78 Å². The monoisotopic (exact) mass is 307 g/mol. The van der Waals surface area contributed by atoms with Crippen molar-refractivity contribution in [1.82, 2.24) is 14.9 Å². The molecular formula is C18H17N3O2. The van der Waals surface area contributed by atoms with Crippen LogP contribution in [0.5, 0.6) is 5.75 Å². The minimum Gasteiger partial charge on any atom is -0.497 e. The number of amides is 1. The second-order valence-corrected chi connectivity index (χ2v) is 5.71. The Morgan fingerprint density at radius 3 is 3.04 bits per heavy atom. The molecule has 1 aliphatic rings. The number of H-pyrrole nitrogens is 1. The summed E-state index contributed by atoms with van der Waals surface area (Å²) in [6.07, 6.45) is 4.13. The first-order valence-corrected chi connectivity index (χ1v) is 7.63. The number of nitrogens with one attached hydrogen (secondary N) is 1. The van der Waals surface area contributed by atoms with E-state index in [1.54, 1.807) is 25.6 Å². The van der Waals surface area contributed by atoms with Crippen LogP contribution in [0.15, 0.2) is 42.7 Å². The molecule has 0 fully saturated rings. The van der Waals surface area contributed by atoms with E-state index in [9.17, 15) is 4.79 Å². The molecule has 23 heavy (non-hydrogen) atoms. The number of hydrogen-bond donors (Lipinski definition) is 1. The lowest BCUT2D eigenvalue weighted by molar-refractivity contribution is 0.0734. The Labute approximate surface area is 133 Å². The molecule has 1 N–H and O–H groups in total. The molecule has 116 valence electrons. The van der Waals surface area contributed by atoms with Gasteiger partial charge in [0.2, 0.25) is 0 Å². The molecule has 0 radical (unpaired) electrons. The van der Waals surface area contributed by atoms with E-state index in [-0.39, 0.29) is 5.91 Å². The van der Waals surface area contributed by atoms with E-state index in [2.05, 4.69) is 9.97 Å². The van der Waals surface area contributed by atoms with Crippen molar-refractivity contribution in [3.05, 3.63) is 59.5 Å². The predicted molar refractivity (Wildman–Crippen MR) is 87.5 cm³/mol. The van der Waals surface area contributed by atoms with Crippen LogP contribution in [0.1, 0.15) is 21.6 Å². The van der Waals surface area contributed by atoms with Crippen molar-refractivity contribution in [3.63, 3.8) is 0 Å². The van der Waals surface area contributed by atoms with Gasteiger partial charge in [-0.2, -0.15) is 0 Å². The average Bonchev–Trinajstić information content (AvgIpc) is 2.98. The lowest BCUT2D eigenvalue weighted by atomic mass is 10.0. The number of carbonyl (C=O) groups is 1. The van der Waals surface area contributed by atoms with Gasteiger partial charge in [-0.15, -0.1) is 0 Å². The van der Waals surface area contributed by atoms with Gasteiger partial charge >= 0.3 is 0 Å². The number of nitrogens with zero attached hydrogens (tertiary/aromatic N) is 2. The summed E-state index contributed by atoms with van der Waals surface area (Å²) in [6.45, 7) is 1.32. The van der Waals surface area contributed by atoms with Gasteiger partial charge in [0.15, 0.2) is 0 Å². The van der Waals surface area contributed by atoms with Crippen molar-refractivity contribution < 1.29 is 9.53 Å². The van der Waals surface area contributed by atoms with Gasteiger partial charge < -0.3 is 14.6 Å². The van der Waals surface area contributed by atoms with E-state index >= 15 is 0 Å². The van der Waals surface area contributed by atoms with E-state index in [1.807, 2.05) is 29.2 Å². The Balaban J connectivity index is 1.69. The van der Waals surface area contributed by atoms with Crippen molar-refractivity contribution in [2.75, 3.05) is 13.7 Å². The quantitative estimate of drug-likeness (QED) is 0.792. The summed E-state index contributed by atoms with van der Waals surface area (Å²) < 4.78 is 5.32. The fourth-order valence-corrected chi connectivity index (χ4v) is 3.17. The summed E-state index contributed by atoms with van der Waals surface area (Å²) in [4.78, 5) is 22.0. The second kappa shape index (κ2) is 5.43. The van der Waals surface area contributed by atoms with Crippen LogP contribution < -0.4 is 4.74 Å². The molecule has 4 rings (SSSR count). The first kappa shape index (κ1) is 13.8. The highest BCUT2D eigenvalue weighted by Gasteiger charge is 2.25.